The van der Waals surface area contributed by atoms with E-state index in [1.165, 1.54) is 13.0 Å². The van der Waals surface area contributed by atoms with Gasteiger partial charge in [0, 0.05) is 12.1 Å². The monoisotopic (exact) mass is 241 g/mol. The number of aromatic amines is 1. The van der Waals surface area contributed by atoms with Crippen LogP contribution in [0.2, 0.25) is 0 Å². The van der Waals surface area contributed by atoms with E-state index in [0.717, 1.165) is 6.07 Å². The molecule has 0 aliphatic rings. The van der Waals surface area contributed by atoms with E-state index in [1.54, 1.807) is 0 Å². The van der Waals surface area contributed by atoms with E-state index in [-0.39, 0.29) is 17.9 Å². The number of amides is 1. The molecular formula is C9H11N3O5. The van der Waals surface area contributed by atoms with Crippen LogP contribution in [0.4, 0.5) is 5.82 Å². The molecule has 0 aliphatic carbocycles. The molecule has 1 unspecified atom stereocenters. The summed E-state index contributed by atoms with van der Waals surface area (Å²) in [6.45, 7) is 1.53. The molecule has 1 aromatic rings. The van der Waals surface area contributed by atoms with Crippen molar-refractivity contribution in [1.82, 2.24) is 10.3 Å². The fourth-order valence-corrected chi connectivity index (χ4v) is 1.24. The summed E-state index contributed by atoms with van der Waals surface area (Å²) in [5, 5.41) is 21.3. The molecule has 0 saturated carbocycles. The summed E-state index contributed by atoms with van der Waals surface area (Å²) in [4.78, 5) is 33.9. The molecule has 0 fully saturated rings. The highest BCUT2D eigenvalue weighted by atomic mass is 16.6. The molecule has 0 spiro atoms. The predicted octanol–water partition coefficient (Wildman–Crippen LogP) is 0.516. The van der Waals surface area contributed by atoms with Gasteiger partial charge < -0.3 is 20.5 Å². The van der Waals surface area contributed by atoms with Crippen molar-refractivity contribution in [3.8, 4) is 0 Å². The average Bonchev–Trinajstić information content (AvgIpc) is 2.64. The van der Waals surface area contributed by atoms with Crippen molar-refractivity contribution in [3.05, 3.63) is 27.9 Å². The third-order valence-corrected chi connectivity index (χ3v) is 1.97. The van der Waals surface area contributed by atoms with Crippen molar-refractivity contribution in [2.45, 2.75) is 19.4 Å². The molecular weight excluding hydrogens is 230 g/mol. The van der Waals surface area contributed by atoms with Crippen LogP contribution in [0.25, 0.3) is 0 Å². The Morgan fingerprint density at radius 3 is 2.71 bits per heavy atom. The minimum Gasteiger partial charge on any atom is -0.481 e. The molecule has 17 heavy (non-hydrogen) atoms. The molecule has 8 nitrogen and oxygen atoms in total. The summed E-state index contributed by atoms with van der Waals surface area (Å²) in [7, 11) is 0. The molecule has 92 valence electrons. The zero-order valence-corrected chi connectivity index (χ0v) is 8.97. The number of carboxylic acids is 1. The minimum absolute atomic E-state index is 0.0222. The second-order valence-corrected chi connectivity index (χ2v) is 3.49. The quantitative estimate of drug-likeness (QED) is 0.511. The predicted molar refractivity (Wildman–Crippen MR) is 56.6 cm³/mol. The van der Waals surface area contributed by atoms with E-state index < -0.39 is 22.8 Å². The van der Waals surface area contributed by atoms with Gasteiger partial charge in [-0.05, 0) is 17.9 Å². The maximum atomic E-state index is 11.5. The summed E-state index contributed by atoms with van der Waals surface area (Å²) in [6.07, 6.45) is -0.214. The Morgan fingerprint density at radius 2 is 2.24 bits per heavy atom. The first kappa shape index (κ1) is 12.7. The van der Waals surface area contributed by atoms with Crippen LogP contribution in [0.3, 0.4) is 0 Å². The average molecular weight is 241 g/mol. The van der Waals surface area contributed by atoms with Crippen LogP contribution in [0.5, 0.6) is 0 Å². The first-order chi connectivity index (χ1) is 7.90. The third-order valence-electron chi connectivity index (χ3n) is 1.97. The van der Waals surface area contributed by atoms with Crippen LogP contribution in [0.1, 0.15) is 23.8 Å². The zero-order valence-electron chi connectivity index (χ0n) is 8.97. The highest BCUT2D eigenvalue weighted by Gasteiger charge is 2.18. The molecule has 0 aliphatic heterocycles. The minimum atomic E-state index is -1.03. The number of aliphatic carboxylic acids is 1. The van der Waals surface area contributed by atoms with Crippen molar-refractivity contribution in [3.63, 3.8) is 0 Å². The number of aromatic nitrogens is 1. The fourth-order valence-electron chi connectivity index (χ4n) is 1.24. The highest BCUT2D eigenvalue weighted by Crippen LogP contribution is 2.09. The van der Waals surface area contributed by atoms with E-state index in [9.17, 15) is 19.7 Å². The van der Waals surface area contributed by atoms with Crippen LogP contribution >= 0.6 is 0 Å². The molecule has 3 N–H and O–H groups in total. The first-order valence-corrected chi connectivity index (χ1v) is 4.76. The Hall–Kier alpha value is -2.38. The molecule has 1 rings (SSSR count). The number of H-pyrrole nitrogens is 1. The Balaban J connectivity index is 2.63. The van der Waals surface area contributed by atoms with Crippen LogP contribution in [0, 0.1) is 10.1 Å². The number of nitrogens with zero attached hydrogens (tertiary/aromatic N) is 1. The lowest BCUT2D eigenvalue weighted by Crippen LogP contribution is -2.34. The lowest BCUT2D eigenvalue weighted by molar-refractivity contribution is -0.389. The number of hydrogen-bond donors (Lipinski definition) is 3. The van der Waals surface area contributed by atoms with Gasteiger partial charge in [-0.3, -0.25) is 9.59 Å². The van der Waals surface area contributed by atoms with Crippen molar-refractivity contribution in [2.75, 3.05) is 0 Å². The second-order valence-electron chi connectivity index (χ2n) is 3.49. The van der Waals surface area contributed by atoms with Gasteiger partial charge in [-0.15, -0.1) is 0 Å². The number of nitro groups is 1. The van der Waals surface area contributed by atoms with E-state index in [0.29, 0.717) is 0 Å². The second kappa shape index (κ2) is 5.10. The number of hydrogen-bond acceptors (Lipinski definition) is 4. The summed E-state index contributed by atoms with van der Waals surface area (Å²) in [5.74, 6) is -1.90. The number of rotatable bonds is 5. The number of nitrogens with one attached hydrogen (secondary N) is 2. The third kappa shape index (κ3) is 3.59. The summed E-state index contributed by atoms with van der Waals surface area (Å²) < 4.78 is 0. The Labute approximate surface area is 95.8 Å². The fraction of sp³-hybridized carbons (Fsp3) is 0.333. The van der Waals surface area contributed by atoms with Crippen LogP contribution in [-0.2, 0) is 4.79 Å². The maximum Gasteiger partial charge on any atom is 0.321 e. The van der Waals surface area contributed by atoms with Gasteiger partial charge in [-0.2, -0.15) is 0 Å². The molecule has 0 bridgehead atoms. The Bertz CT molecular complexity index is 453. The topological polar surface area (TPSA) is 125 Å². The molecule has 1 aromatic heterocycles. The molecule has 0 aromatic carbocycles. The molecule has 0 radical (unpaired) electrons. The van der Waals surface area contributed by atoms with Crippen LogP contribution < -0.4 is 5.32 Å². The number of carbonyl (C=O) groups excluding carboxylic acids is 1. The van der Waals surface area contributed by atoms with Crippen molar-refractivity contribution >= 4 is 17.7 Å². The normalized spacial score (nSPS) is 11.8. The van der Waals surface area contributed by atoms with Crippen LogP contribution in [-0.4, -0.2) is 32.9 Å². The van der Waals surface area contributed by atoms with Gasteiger partial charge in [-0.25, -0.2) is 4.98 Å². The summed E-state index contributed by atoms with van der Waals surface area (Å²) >= 11 is 0. The van der Waals surface area contributed by atoms with Crippen LogP contribution in [0.15, 0.2) is 12.1 Å². The highest BCUT2D eigenvalue weighted by molar-refractivity contribution is 5.93. The van der Waals surface area contributed by atoms with E-state index in [2.05, 4.69) is 10.3 Å². The number of carbonyl (C=O) groups is 2. The zero-order chi connectivity index (χ0) is 13.0. The van der Waals surface area contributed by atoms with Crippen molar-refractivity contribution < 1.29 is 19.6 Å². The summed E-state index contributed by atoms with van der Waals surface area (Å²) in [5.41, 5.74) is 0.0222. The maximum absolute atomic E-state index is 11.5. The van der Waals surface area contributed by atoms with Gasteiger partial charge >= 0.3 is 11.8 Å². The first-order valence-electron chi connectivity index (χ1n) is 4.76. The standard InChI is InChI=1S/C9H11N3O5/c1-5(4-8(13)14)10-9(15)6-2-3-7(11-6)12(16)17/h2-3,5,11H,4H2,1H3,(H,10,15)(H,13,14). The van der Waals surface area contributed by atoms with Gasteiger partial charge in [0.05, 0.1) is 6.42 Å². The van der Waals surface area contributed by atoms with Gasteiger partial charge in [0.15, 0.2) is 5.69 Å². The van der Waals surface area contributed by atoms with Gasteiger partial charge in [0.2, 0.25) is 0 Å². The van der Waals surface area contributed by atoms with Gasteiger partial charge in [-0.1, -0.05) is 0 Å². The molecule has 1 heterocycles. The smallest absolute Gasteiger partial charge is 0.321 e. The SMILES string of the molecule is CC(CC(=O)O)NC(=O)c1ccc([N+](=O)[O-])[nH]1. The Kier molecular flexibility index (Phi) is 3.81. The van der Waals surface area contributed by atoms with E-state index in [1.807, 2.05) is 0 Å². The van der Waals surface area contributed by atoms with Gasteiger partial charge in [0.25, 0.3) is 5.91 Å². The summed E-state index contributed by atoms with van der Waals surface area (Å²) in [6, 6.07) is 1.87. The molecule has 0 saturated heterocycles. The molecule has 1 atom stereocenters. The largest absolute Gasteiger partial charge is 0.481 e. The number of carboxylic acid groups (broad SMARTS) is 1. The van der Waals surface area contributed by atoms with Gasteiger partial charge in [0.1, 0.15) is 0 Å². The molecule has 1 amide bonds. The van der Waals surface area contributed by atoms with E-state index >= 15 is 0 Å². The van der Waals surface area contributed by atoms with Crippen molar-refractivity contribution in [2.24, 2.45) is 0 Å². The Morgan fingerprint density at radius 1 is 1.59 bits per heavy atom. The lowest BCUT2D eigenvalue weighted by atomic mass is 10.2. The van der Waals surface area contributed by atoms with E-state index in [4.69, 9.17) is 5.11 Å². The lowest BCUT2D eigenvalue weighted by Gasteiger charge is -2.09. The molecule has 8 heteroatoms. The van der Waals surface area contributed by atoms with Crippen molar-refractivity contribution in [1.29, 1.82) is 0 Å².